The Labute approximate surface area is 144 Å². The normalized spacial score (nSPS) is 10.9. The van der Waals surface area contributed by atoms with Crippen LogP contribution in [-0.4, -0.2) is 92.4 Å². The molecule has 0 N–H and O–H groups in total. The number of ether oxygens (including phenoxy) is 7. The van der Waals surface area contributed by atoms with Crippen LogP contribution in [0, 0.1) is 0 Å². The molecule has 8 heteroatoms. The standard InChI is InChI=1S/C16H32O8/c1-3-16(17)24-15-14-23-13-12-22-11-10-21-9-8-20-7-6-19-5-4-18-2/h3-15H2,1-2H3. The third kappa shape index (κ3) is 19.3. The van der Waals surface area contributed by atoms with Gasteiger partial charge in [0.25, 0.3) is 0 Å². The Morgan fingerprint density at radius 3 is 1.25 bits per heavy atom. The first-order valence-corrected chi connectivity index (χ1v) is 8.34. The molecule has 0 aliphatic carbocycles. The molecule has 0 fully saturated rings. The molecule has 0 spiro atoms. The van der Waals surface area contributed by atoms with Crippen molar-refractivity contribution >= 4 is 5.97 Å². The first-order chi connectivity index (χ1) is 11.8. The second-order valence-electron chi connectivity index (χ2n) is 4.63. The highest BCUT2D eigenvalue weighted by atomic mass is 16.6. The average molecular weight is 352 g/mol. The molecule has 24 heavy (non-hydrogen) atoms. The monoisotopic (exact) mass is 352 g/mol. The predicted molar refractivity (Wildman–Crippen MR) is 87.2 cm³/mol. The zero-order valence-electron chi connectivity index (χ0n) is 15.0. The molecule has 0 saturated heterocycles. The Balaban J connectivity index is 2.99. The summed E-state index contributed by atoms with van der Waals surface area (Å²) in [5.74, 6) is -0.213. The molecule has 0 unspecified atom stereocenters. The van der Waals surface area contributed by atoms with Gasteiger partial charge in [-0.1, -0.05) is 6.92 Å². The molecule has 0 aliphatic heterocycles. The highest BCUT2D eigenvalue weighted by molar-refractivity contribution is 5.68. The summed E-state index contributed by atoms with van der Waals surface area (Å²) in [7, 11) is 1.64. The van der Waals surface area contributed by atoms with Crippen LogP contribution in [0.1, 0.15) is 13.3 Å². The Morgan fingerprint density at radius 1 is 0.583 bits per heavy atom. The van der Waals surface area contributed by atoms with Crippen LogP contribution in [0.15, 0.2) is 0 Å². The highest BCUT2D eigenvalue weighted by Crippen LogP contribution is 1.86. The molecule has 144 valence electrons. The van der Waals surface area contributed by atoms with Crippen LogP contribution in [-0.2, 0) is 38.0 Å². The number of hydrogen-bond acceptors (Lipinski definition) is 8. The molecule has 0 aromatic heterocycles. The van der Waals surface area contributed by atoms with Crippen LogP contribution in [0.4, 0.5) is 0 Å². The summed E-state index contributed by atoms with van der Waals surface area (Å²) in [6.45, 7) is 7.76. The molecular formula is C16H32O8. The molecule has 0 aromatic carbocycles. The topological polar surface area (TPSA) is 81.7 Å². The fraction of sp³-hybridized carbons (Fsp3) is 0.938. The first-order valence-electron chi connectivity index (χ1n) is 8.34. The Kier molecular flexibility index (Phi) is 19.6. The SMILES string of the molecule is CCC(=O)OCCOCCOCCOCCOCCOCCOC. The van der Waals surface area contributed by atoms with Crippen molar-refractivity contribution < 1.29 is 38.0 Å². The summed E-state index contributed by atoms with van der Waals surface area (Å²) in [6, 6.07) is 0. The van der Waals surface area contributed by atoms with Crippen LogP contribution in [0.2, 0.25) is 0 Å². The van der Waals surface area contributed by atoms with Gasteiger partial charge in [0.15, 0.2) is 0 Å². The molecule has 8 nitrogen and oxygen atoms in total. The smallest absolute Gasteiger partial charge is 0.305 e. The van der Waals surface area contributed by atoms with Crippen molar-refractivity contribution in [1.82, 2.24) is 0 Å². The van der Waals surface area contributed by atoms with Gasteiger partial charge in [0.1, 0.15) is 6.61 Å². The number of carbonyl (C=O) groups excluding carboxylic acids is 1. The Morgan fingerprint density at radius 2 is 0.917 bits per heavy atom. The van der Waals surface area contributed by atoms with E-state index < -0.39 is 0 Å². The van der Waals surface area contributed by atoms with E-state index in [0.717, 1.165) is 0 Å². The van der Waals surface area contributed by atoms with Crippen LogP contribution in [0.5, 0.6) is 0 Å². The number of carbonyl (C=O) groups is 1. The molecule has 0 amide bonds. The quantitative estimate of drug-likeness (QED) is 0.248. The zero-order chi connectivity index (χ0) is 17.7. The maximum Gasteiger partial charge on any atom is 0.305 e. The van der Waals surface area contributed by atoms with E-state index >= 15 is 0 Å². The molecule has 0 aliphatic rings. The number of hydrogen-bond donors (Lipinski definition) is 0. The van der Waals surface area contributed by atoms with E-state index in [-0.39, 0.29) is 12.6 Å². The second-order valence-corrected chi connectivity index (χ2v) is 4.63. The van der Waals surface area contributed by atoms with E-state index in [1.807, 2.05) is 0 Å². The highest BCUT2D eigenvalue weighted by Gasteiger charge is 1.97. The van der Waals surface area contributed by atoms with Gasteiger partial charge in [0, 0.05) is 13.5 Å². The fourth-order valence-electron chi connectivity index (χ4n) is 1.44. The lowest BCUT2D eigenvalue weighted by atomic mass is 10.5. The van der Waals surface area contributed by atoms with E-state index in [2.05, 4.69) is 0 Å². The van der Waals surface area contributed by atoms with Crippen LogP contribution < -0.4 is 0 Å². The van der Waals surface area contributed by atoms with Crippen LogP contribution in [0.3, 0.4) is 0 Å². The third-order valence-corrected chi connectivity index (χ3v) is 2.70. The largest absolute Gasteiger partial charge is 0.463 e. The Bertz CT molecular complexity index is 262. The van der Waals surface area contributed by atoms with Gasteiger partial charge in [0.05, 0.1) is 72.7 Å². The predicted octanol–water partition coefficient (Wildman–Crippen LogP) is 0.669. The zero-order valence-corrected chi connectivity index (χ0v) is 15.0. The van der Waals surface area contributed by atoms with Crippen molar-refractivity contribution in [3.63, 3.8) is 0 Å². The Hall–Kier alpha value is -0.770. The molecule has 0 saturated carbocycles. The number of rotatable bonds is 19. The van der Waals surface area contributed by atoms with E-state index in [1.54, 1.807) is 14.0 Å². The summed E-state index contributed by atoms with van der Waals surface area (Å²) in [5, 5.41) is 0. The van der Waals surface area contributed by atoms with Gasteiger partial charge in [-0.2, -0.15) is 0 Å². The number of esters is 1. The average Bonchev–Trinajstić information content (AvgIpc) is 2.60. The minimum absolute atomic E-state index is 0.213. The van der Waals surface area contributed by atoms with Gasteiger partial charge in [-0.3, -0.25) is 4.79 Å². The lowest BCUT2D eigenvalue weighted by molar-refractivity contribution is -0.144. The molecule has 0 atom stereocenters. The summed E-state index contributed by atoms with van der Waals surface area (Å²) in [4.78, 5) is 10.8. The van der Waals surface area contributed by atoms with Crippen molar-refractivity contribution in [3.05, 3.63) is 0 Å². The molecule has 0 aromatic rings. The second kappa shape index (κ2) is 20.3. The van der Waals surface area contributed by atoms with Crippen molar-refractivity contribution in [1.29, 1.82) is 0 Å². The van der Waals surface area contributed by atoms with Crippen molar-refractivity contribution in [2.45, 2.75) is 13.3 Å². The van der Waals surface area contributed by atoms with Crippen LogP contribution >= 0.6 is 0 Å². The van der Waals surface area contributed by atoms with Crippen molar-refractivity contribution in [3.8, 4) is 0 Å². The molecule has 0 bridgehead atoms. The molecule has 0 rings (SSSR count). The molecule has 0 radical (unpaired) electrons. The van der Waals surface area contributed by atoms with E-state index in [4.69, 9.17) is 33.2 Å². The van der Waals surface area contributed by atoms with Gasteiger partial charge in [-0.15, -0.1) is 0 Å². The van der Waals surface area contributed by atoms with Gasteiger partial charge >= 0.3 is 5.97 Å². The minimum Gasteiger partial charge on any atom is -0.463 e. The van der Waals surface area contributed by atoms with E-state index in [1.165, 1.54) is 0 Å². The van der Waals surface area contributed by atoms with Gasteiger partial charge < -0.3 is 33.2 Å². The summed E-state index contributed by atoms with van der Waals surface area (Å²) >= 11 is 0. The maximum atomic E-state index is 10.8. The lowest BCUT2D eigenvalue weighted by Gasteiger charge is -2.08. The first kappa shape index (κ1) is 23.2. The molecular weight excluding hydrogens is 320 g/mol. The van der Waals surface area contributed by atoms with Gasteiger partial charge in [0.2, 0.25) is 0 Å². The van der Waals surface area contributed by atoms with E-state index in [9.17, 15) is 4.79 Å². The lowest BCUT2D eigenvalue weighted by Crippen LogP contribution is -2.15. The van der Waals surface area contributed by atoms with Crippen molar-refractivity contribution in [2.75, 3.05) is 86.4 Å². The number of methoxy groups -OCH3 is 1. The van der Waals surface area contributed by atoms with Gasteiger partial charge in [-0.25, -0.2) is 0 Å². The minimum atomic E-state index is -0.213. The van der Waals surface area contributed by atoms with Crippen LogP contribution in [0.25, 0.3) is 0 Å². The summed E-state index contributed by atoms with van der Waals surface area (Å²) in [6.07, 6.45) is 0.385. The summed E-state index contributed by atoms with van der Waals surface area (Å²) in [5.41, 5.74) is 0. The van der Waals surface area contributed by atoms with E-state index in [0.29, 0.717) is 79.1 Å². The molecule has 0 heterocycles. The third-order valence-electron chi connectivity index (χ3n) is 2.70. The van der Waals surface area contributed by atoms with Gasteiger partial charge in [-0.05, 0) is 0 Å². The maximum absolute atomic E-state index is 10.8. The van der Waals surface area contributed by atoms with Crippen molar-refractivity contribution in [2.24, 2.45) is 0 Å². The summed E-state index contributed by atoms with van der Waals surface area (Å²) < 4.78 is 36.2. The fourth-order valence-corrected chi connectivity index (χ4v) is 1.44.